The predicted molar refractivity (Wildman–Crippen MR) is 259 cm³/mol. The fourth-order valence-corrected chi connectivity index (χ4v) is 7.49. The van der Waals surface area contributed by atoms with Crippen molar-refractivity contribution in [2.75, 3.05) is 6.61 Å². The zero-order chi connectivity index (χ0) is 43.8. The summed E-state index contributed by atoms with van der Waals surface area (Å²) in [5.74, 6) is -0.519. The zero-order valence-electron chi connectivity index (χ0n) is 39.6. The predicted octanol–water partition coefficient (Wildman–Crippen LogP) is 15.2. The molecule has 0 spiro atoms. The number of aliphatic hydroxyl groups is 2. The molecule has 348 valence electrons. The molecule has 0 radical (unpaired) electrons. The first-order chi connectivity index (χ1) is 29.5. The first-order valence-corrected chi connectivity index (χ1v) is 25.5. The van der Waals surface area contributed by atoms with Crippen molar-refractivity contribution in [3.63, 3.8) is 0 Å². The smallest absolute Gasteiger partial charge is 0.306 e. The number of nitrogens with one attached hydrogen (secondary N) is 1. The van der Waals surface area contributed by atoms with Gasteiger partial charge in [0, 0.05) is 6.42 Å². The highest BCUT2D eigenvalue weighted by Gasteiger charge is 2.24. The number of carbonyl (C=O) groups excluding carboxylic acids is 2. The van der Waals surface area contributed by atoms with Crippen LogP contribution in [0.3, 0.4) is 0 Å². The van der Waals surface area contributed by atoms with Crippen molar-refractivity contribution in [1.29, 1.82) is 0 Å². The van der Waals surface area contributed by atoms with Crippen LogP contribution in [0.1, 0.15) is 245 Å². The largest absolute Gasteiger partial charge is 0.462 e. The molecule has 3 unspecified atom stereocenters. The number of hydrogen-bond acceptors (Lipinski definition) is 5. The summed E-state index contributed by atoms with van der Waals surface area (Å²) in [6, 6.07) is -0.714. The molecule has 6 heteroatoms. The molecule has 0 aromatic rings. The molecule has 0 aliphatic heterocycles. The molecule has 1 amide bonds. The Morgan fingerprint density at radius 3 is 1.50 bits per heavy atom. The molecule has 0 fully saturated rings. The summed E-state index contributed by atoms with van der Waals surface area (Å²) in [6.07, 6.45) is 58.5. The molecule has 0 rings (SSSR count). The highest BCUT2D eigenvalue weighted by atomic mass is 16.5. The number of allylic oxidation sites excluding steroid dienone is 10. The van der Waals surface area contributed by atoms with Gasteiger partial charge in [0.05, 0.1) is 25.2 Å². The number of esters is 1. The topological polar surface area (TPSA) is 95.9 Å². The second kappa shape index (κ2) is 47.6. The normalized spacial score (nSPS) is 13.8. The van der Waals surface area contributed by atoms with Crippen LogP contribution in [-0.4, -0.2) is 46.9 Å². The molecule has 0 aliphatic carbocycles. The fraction of sp³-hybridized carbons (Fsp3) is 0.778. The van der Waals surface area contributed by atoms with Crippen LogP contribution in [0, 0.1) is 0 Å². The second-order valence-corrected chi connectivity index (χ2v) is 17.2. The summed E-state index contributed by atoms with van der Waals surface area (Å²) >= 11 is 0. The maximum atomic E-state index is 13.2. The van der Waals surface area contributed by atoms with Crippen LogP contribution < -0.4 is 5.32 Å². The van der Waals surface area contributed by atoms with Crippen LogP contribution in [0.4, 0.5) is 0 Å². The van der Waals surface area contributed by atoms with Crippen LogP contribution in [0.5, 0.6) is 0 Å². The summed E-state index contributed by atoms with van der Waals surface area (Å²) in [5, 5.41) is 23.8. The van der Waals surface area contributed by atoms with E-state index in [0.29, 0.717) is 19.3 Å². The molecule has 3 N–H and O–H groups in total. The molecular weight excluding hydrogens is 743 g/mol. The van der Waals surface area contributed by atoms with E-state index in [-0.39, 0.29) is 24.9 Å². The van der Waals surface area contributed by atoms with Crippen LogP contribution in [-0.2, 0) is 14.3 Å². The molecule has 6 nitrogen and oxygen atoms in total. The van der Waals surface area contributed by atoms with Gasteiger partial charge in [-0.3, -0.25) is 9.59 Å². The first kappa shape index (κ1) is 57.6. The van der Waals surface area contributed by atoms with Gasteiger partial charge in [-0.15, -0.1) is 0 Å². The Labute approximate surface area is 371 Å². The second-order valence-electron chi connectivity index (χ2n) is 17.2. The fourth-order valence-electron chi connectivity index (χ4n) is 7.49. The van der Waals surface area contributed by atoms with Gasteiger partial charge in [-0.05, 0) is 83.5 Å². The van der Waals surface area contributed by atoms with Crippen molar-refractivity contribution >= 4 is 11.9 Å². The Morgan fingerprint density at radius 2 is 0.950 bits per heavy atom. The summed E-state index contributed by atoms with van der Waals surface area (Å²) in [7, 11) is 0. The van der Waals surface area contributed by atoms with Gasteiger partial charge in [-0.1, -0.05) is 210 Å². The van der Waals surface area contributed by atoms with Crippen LogP contribution in [0.25, 0.3) is 0 Å². The van der Waals surface area contributed by atoms with E-state index in [2.05, 4.69) is 86.8 Å². The Kier molecular flexibility index (Phi) is 45.7. The SMILES string of the molecule is CC/C=C/C/C=C/C/C=C/CCCCCCC(=O)OC(CCCCCC/C=C/C=C/CCCCC)CC(=O)NC(CO)C(O)CCCCCCCCCCCCCCCC. The number of amides is 1. The monoisotopic (exact) mass is 840 g/mol. The molecular formula is C54H97NO5. The molecule has 0 aromatic heterocycles. The molecule has 3 atom stereocenters. The Morgan fingerprint density at radius 1 is 0.517 bits per heavy atom. The van der Waals surface area contributed by atoms with Crippen molar-refractivity contribution in [2.45, 2.75) is 264 Å². The molecule has 0 aromatic carbocycles. The lowest BCUT2D eigenvalue weighted by Gasteiger charge is -2.24. The average molecular weight is 840 g/mol. The number of ether oxygens (including phenoxy) is 1. The van der Waals surface area contributed by atoms with Crippen LogP contribution >= 0.6 is 0 Å². The van der Waals surface area contributed by atoms with Gasteiger partial charge >= 0.3 is 5.97 Å². The van der Waals surface area contributed by atoms with E-state index < -0.39 is 18.2 Å². The zero-order valence-corrected chi connectivity index (χ0v) is 39.6. The number of aliphatic hydroxyl groups excluding tert-OH is 2. The van der Waals surface area contributed by atoms with Crippen LogP contribution in [0.15, 0.2) is 60.8 Å². The highest BCUT2D eigenvalue weighted by molar-refractivity contribution is 5.77. The molecule has 0 saturated heterocycles. The van der Waals surface area contributed by atoms with E-state index in [1.54, 1.807) is 0 Å². The van der Waals surface area contributed by atoms with E-state index in [1.165, 1.54) is 89.9 Å². The van der Waals surface area contributed by atoms with Gasteiger partial charge in [0.2, 0.25) is 5.91 Å². The van der Waals surface area contributed by atoms with Gasteiger partial charge in [0.25, 0.3) is 0 Å². The van der Waals surface area contributed by atoms with Gasteiger partial charge in [-0.2, -0.15) is 0 Å². The third-order valence-corrected chi connectivity index (χ3v) is 11.4. The van der Waals surface area contributed by atoms with E-state index in [0.717, 1.165) is 109 Å². The van der Waals surface area contributed by atoms with Gasteiger partial charge in [0.1, 0.15) is 6.10 Å². The standard InChI is InChI=1S/C54H97NO5/c1-4-7-10-13-16-19-22-25-28-31-34-37-40-43-46-52(57)51(49-56)55-53(58)48-50(45-42-39-36-33-30-27-24-21-18-15-12-9-6-3)60-54(59)47-44-41-38-35-32-29-26-23-20-17-14-11-8-5-2/h8,11,17-18,20-21,24,26-27,29,50-52,56-57H,4-7,9-10,12-16,19,22-23,25,28,30-49H2,1-3H3,(H,55,58)/b11-8+,20-17+,21-18+,27-24+,29-26+. The third-order valence-electron chi connectivity index (χ3n) is 11.4. The first-order valence-electron chi connectivity index (χ1n) is 25.5. The minimum atomic E-state index is -0.798. The van der Waals surface area contributed by atoms with Gasteiger partial charge < -0.3 is 20.3 Å². The number of rotatable bonds is 45. The van der Waals surface area contributed by atoms with Crippen molar-refractivity contribution in [2.24, 2.45) is 0 Å². The van der Waals surface area contributed by atoms with Crippen molar-refractivity contribution in [3.8, 4) is 0 Å². The maximum Gasteiger partial charge on any atom is 0.306 e. The molecule has 0 bridgehead atoms. The summed E-state index contributed by atoms with van der Waals surface area (Å²) in [5.41, 5.74) is 0. The Balaban J connectivity index is 4.63. The Bertz CT molecular complexity index is 1080. The quantitative estimate of drug-likeness (QED) is 0.0246. The molecule has 0 heterocycles. The number of hydrogen-bond donors (Lipinski definition) is 3. The third kappa shape index (κ3) is 42.3. The molecule has 60 heavy (non-hydrogen) atoms. The van der Waals surface area contributed by atoms with Crippen molar-refractivity contribution in [1.82, 2.24) is 5.32 Å². The lowest BCUT2D eigenvalue weighted by molar-refractivity contribution is -0.151. The number of unbranched alkanes of at least 4 members (excludes halogenated alkanes) is 24. The van der Waals surface area contributed by atoms with Crippen molar-refractivity contribution < 1.29 is 24.5 Å². The number of carbonyl (C=O) groups is 2. The maximum absolute atomic E-state index is 13.2. The highest BCUT2D eigenvalue weighted by Crippen LogP contribution is 2.17. The van der Waals surface area contributed by atoms with E-state index in [9.17, 15) is 19.8 Å². The summed E-state index contributed by atoms with van der Waals surface area (Å²) in [6.45, 7) is 6.33. The lowest BCUT2D eigenvalue weighted by Crippen LogP contribution is -2.46. The van der Waals surface area contributed by atoms with Crippen LogP contribution in [0.2, 0.25) is 0 Å². The lowest BCUT2D eigenvalue weighted by atomic mass is 10.0. The van der Waals surface area contributed by atoms with Crippen molar-refractivity contribution in [3.05, 3.63) is 60.8 Å². The van der Waals surface area contributed by atoms with E-state index in [4.69, 9.17) is 4.74 Å². The summed E-state index contributed by atoms with van der Waals surface area (Å²) in [4.78, 5) is 26.1. The Hall–Kier alpha value is -2.44. The average Bonchev–Trinajstić information content (AvgIpc) is 3.24. The van der Waals surface area contributed by atoms with Gasteiger partial charge in [-0.25, -0.2) is 0 Å². The minimum Gasteiger partial charge on any atom is -0.462 e. The summed E-state index contributed by atoms with van der Waals surface area (Å²) < 4.78 is 5.91. The molecule has 0 aliphatic rings. The van der Waals surface area contributed by atoms with Gasteiger partial charge in [0.15, 0.2) is 0 Å². The van der Waals surface area contributed by atoms with E-state index in [1.807, 2.05) is 0 Å². The minimum absolute atomic E-state index is 0.0537. The molecule has 0 saturated carbocycles. The van der Waals surface area contributed by atoms with E-state index >= 15 is 0 Å².